The number of hydrogen-bond donors (Lipinski definition) is 1. The van der Waals surface area contributed by atoms with Crippen LogP contribution in [-0.2, 0) is 19.0 Å². The molecule has 3 atom stereocenters. The summed E-state index contributed by atoms with van der Waals surface area (Å²) in [4.78, 5) is 10.9. The van der Waals surface area contributed by atoms with Gasteiger partial charge in [0.05, 0.1) is 6.10 Å². The Balaban J connectivity index is 4.76. The van der Waals surface area contributed by atoms with Crippen LogP contribution < -0.4 is 0 Å². The van der Waals surface area contributed by atoms with Crippen LogP contribution in [0, 0.1) is 5.41 Å². The summed E-state index contributed by atoms with van der Waals surface area (Å²) in [5, 5.41) is 7.51. The van der Waals surface area contributed by atoms with E-state index in [9.17, 15) is 4.79 Å². The van der Waals surface area contributed by atoms with Crippen LogP contribution in [0.3, 0.4) is 0 Å². The highest BCUT2D eigenvalue weighted by molar-refractivity contribution is 6.76. The van der Waals surface area contributed by atoms with Crippen molar-refractivity contribution in [1.82, 2.24) is 0 Å². The lowest BCUT2D eigenvalue weighted by Gasteiger charge is -2.28. The Morgan fingerprint density at radius 2 is 1.79 bits per heavy atom. The van der Waals surface area contributed by atoms with Crippen LogP contribution in [0.2, 0.25) is 0 Å². The molecule has 0 aliphatic carbocycles. The second kappa shape index (κ2) is 8.15. The third kappa shape index (κ3) is 7.82. The van der Waals surface area contributed by atoms with Crippen molar-refractivity contribution in [3.63, 3.8) is 0 Å². The van der Waals surface area contributed by atoms with Crippen molar-refractivity contribution >= 4 is 46.7 Å². The SMILES string of the molecule is CC[C@H](C)O[C@@H](OC(=N)C(Cl)(Cl)Cl)[C@H](C)OC(C)=O. The Morgan fingerprint density at radius 3 is 2.16 bits per heavy atom. The molecule has 0 aromatic rings. The summed E-state index contributed by atoms with van der Waals surface area (Å²) < 4.78 is 13.6. The molecule has 0 saturated carbocycles. The van der Waals surface area contributed by atoms with E-state index in [-0.39, 0.29) is 6.10 Å². The minimum Gasteiger partial charge on any atom is -0.456 e. The minimum absolute atomic E-state index is 0.161. The predicted molar refractivity (Wildman–Crippen MR) is 75.0 cm³/mol. The van der Waals surface area contributed by atoms with Gasteiger partial charge in [-0.15, -0.1) is 0 Å². The van der Waals surface area contributed by atoms with E-state index >= 15 is 0 Å². The standard InChI is InChI=1S/C11H18Cl3NO4/c1-5-6(2)17-9(7(3)18-8(4)16)19-10(15)11(12,13)14/h6-7,9,15H,5H2,1-4H3/t6-,7-,9-/m0/s1. The summed E-state index contributed by atoms with van der Waals surface area (Å²) in [5.74, 6) is -1.08. The predicted octanol–water partition coefficient (Wildman–Crippen LogP) is 3.44. The first kappa shape index (κ1) is 18.8. The highest BCUT2D eigenvalue weighted by Gasteiger charge is 2.34. The molecule has 0 fully saturated rings. The van der Waals surface area contributed by atoms with Gasteiger partial charge in [0, 0.05) is 6.92 Å². The summed E-state index contributed by atoms with van der Waals surface area (Å²) in [6.45, 7) is 6.56. The molecular formula is C11H18Cl3NO4. The summed E-state index contributed by atoms with van der Waals surface area (Å²) >= 11 is 16.6. The molecule has 0 aliphatic heterocycles. The lowest BCUT2D eigenvalue weighted by atomic mass is 10.3. The molecule has 112 valence electrons. The van der Waals surface area contributed by atoms with E-state index < -0.39 is 28.1 Å². The molecule has 0 radical (unpaired) electrons. The van der Waals surface area contributed by atoms with Crippen LogP contribution in [0.1, 0.15) is 34.1 Å². The van der Waals surface area contributed by atoms with Gasteiger partial charge in [-0.25, -0.2) is 0 Å². The van der Waals surface area contributed by atoms with Crippen LogP contribution in [-0.4, -0.2) is 34.2 Å². The summed E-state index contributed by atoms with van der Waals surface area (Å²) in [6.07, 6.45) is -1.19. The van der Waals surface area contributed by atoms with Crippen molar-refractivity contribution in [1.29, 1.82) is 5.41 Å². The average molecular weight is 335 g/mol. The quantitative estimate of drug-likeness (QED) is 0.266. The Morgan fingerprint density at radius 1 is 1.26 bits per heavy atom. The van der Waals surface area contributed by atoms with E-state index in [0.717, 1.165) is 0 Å². The van der Waals surface area contributed by atoms with Crippen molar-refractivity contribution in [3.8, 4) is 0 Å². The minimum atomic E-state index is -1.99. The van der Waals surface area contributed by atoms with Crippen molar-refractivity contribution < 1.29 is 19.0 Å². The highest BCUT2D eigenvalue weighted by Crippen LogP contribution is 2.29. The number of carbonyl (C=O) groups is 1. The van der Waals surface area contributed by atoms with Crippen molar-refractivity contribution in [2.75, 3.05) is 0 Å². The van der Waals surface area contributed by atoms with Gasteiger partial charge >= 0.3 is 5.97 Å². The number of ether oxygens (including phenoxy) is 3. The van der Waals surface area contributed by atoms with E-state index in [1.807, 2.05) is 13.8 Å². The molecule has 5 nitrogen and oxygen atoms in total. The Labute approximate surface area is 127 Å². The first-order chi connectivity index (χ1) is 8.57. The number of hydrogen-bond acceptors (Lipinski definition) is 5. The summed E-state index contributed by atoms with van der Waals surface area (Å²) in [6, 6.07) is 0. The molecular weight excluding hydrogens is 316 g/mol. The first-order valence-electron chi connectivity index (χ1n) is 5.73. The number of halogens is 3. The number of nitrogens with one attached hydrogen (secondary N) is 1. The van der Waals surface area contributed by atoms with Crippen LogP contribution in [0.15, 0.2) is 0 Å². The van der Waals surface area contributed by atoms with Gasteiger partial charge in [-0.1, -0.05) is 41.7 Å². The summed E-state index contributed by atoms with van der Waals surface area (Å²) in [5.41, 5.74) is 0. The zero-order chi connectivity index (χ0) is 15.2. The van der Waals surface area contributed by atoms with Gasteiger partial charge in [-0.2, -0.15) is 0 Å². The van der Waals surface area contributed by atoms with Gasteiger partial charge in [0.1, 0.15) is 0 Å². The van der Waals surface area contributed by atoms with E-state index in [1.165, 1.54) is 6.92 Å². The fourth-order valence-corrected chi connectivity index (χ4v) is 1.19. The Bertz CT molecular complexity index is 320. The van der Waals surface area contributed by atoms with Gasteiger partial charge in [0.25, 0.3) is 3.79 Å². The zero-order valence-corrected chi connectivity index (χ0v) is 13.5. The van der Waals surface area contributed by atoms with E-state index in [4.69, 9.17) is 54.4 Å². The fourth-order valence-electron chi connectivity index (χ4n) is 1.06. The number of rotatable bonds is 6. The molecule has 0 bridgehead atoms. The van der Waals surface area contributed by atoms with Crippen molar-refractivity contribution in [2.24, 2.45) is 0 Å². The number of carbonyl (C=O) groups excluding carboxylic acids is 1. The normalized spacial score (nSPS) is 16.4. The van der Waals surface area contributed by atoms with Crippen molar-refractivity contribution in [2.45, 2.75) is 56.4 Å². The maximum atomic E-state index is 10.9. The van der Waals surface area contributed by atoms with Crippen LogP contribution in [0.4, 0.5) is 0 Å². The molecule has 0 saturated heterocycles. The molecule has 0 spiro atoms. The van der Waals surface area contributed by atoms with Gasteiger partial charge in [0.2, 0.25) is 12.2 Å². The van der Waals surface area contributed by atoms with E-state index in [2.05, 4.69) is 0 Å². The molecule has 19 heavy (non-hydrogen) atoms. The molecule has 8 heteroatoms. The third-order valence-corrected chi connectivity index (χ3v) is 2.68. The zero-order valence-electron chi connectivity index (χ0n) is 11.2. The molecule has 0 aromatic heterocycles. The Hall–Kier alpha value is -0.230. The highest BCUT2D eigenvalue weighted by atomic mass is 35.6. The second-order valence-electron chi connectivity index (χ2n) is 3.98. The molecule has 0 aromatic carbocycles. The summed E-state index contributed by atoms with van der Waals surface area (Å²) in [7, 11) is 0. The Kier molecular flexibility index (Phi) is 8.05. The largest absolute Gasteiger partial charge is 0.456 e. The molecule has 0 rings (SSSR count). The maximum Gasteiger partial charge on any atom is 0.303 e. The van der Waals surface area contributed by atoms with Crippen molar-refractivity contribution in [3.05, 3.63) is 0 Å². The smallest absolute Gasteiger partial charge is 0.303 e. The average Bonchev–Trinajstić information content (AvgIpc) is 2.25. The van der Waals surface area contributed by atoms with Crippen LogP contribution >= 0.6 is 34.8 Å². The van der Waals surface area contributed by atoms with Crippen LogP contribution in [0.5, 0.6) is 0 Å². The first-order valence-corrected chi connectivity index (χ1v) is 6.86. The molecule has 0 aliphatic rings. The second-order valence-corrected chi connectivity index (χ2v) is 6.26. The monoisotopic (exact) mass is 333 g/mol. The topological polar surface area (TPSA) is 68.6 Å². The number of alkyl halides is 3. The van der Waals surface area contributed by atoms with Gasteiger partial charge in [-0.05, 0) is 20.3 Å². The maximum absolute atomic E-state index is 10.9. The molecule has 0 heterocycles. The van der Waals surface area contributed by atoms with Gasteiger partial charge in [-0.3, -0.25) is 10.2 Å². The van der Waals surface area contributed by atoms with E-state index in [0.29, 0.717) is 6.42 Å². The third-order valence-electron chi connectivity index (χ3n) is 2.17. The molecule has 0 amide bonds. The lowest BCUT2D eigenvalue weighted by Crippen LogP contribution is -2.39. The number of esters is 1. The molecule has 0 unspecified atom stereocenters. The van der Waals surface area contributed by atoms with Gasteiger partial charge < -0.3 is 14.2 Å². The molecule has 1 N–H and O–H groups in total. The fraction of sp³-hybridized carbons (Fsp3) is 0.818. The van der Waals surface area contributed by atoms with Crippen LogP contribution in [0.25, 0.3) is 0 Å². The lowest BCUT2D eigenvalue weighted by molar-refractivity contribution is -0.193. The van der Waals surface area contributed by atoms with Gasteiger partial charge in [0.15, 0.2) is 6.10 Å². The van der Waals surface area contributed by atoms with E-state index in [1.54, 1.807) is 6.92 Å².